The van der Waals surface area contributed by atoms with Gasteiger partial charge in [-0.15, -0.1) is 0 Å². The third-order valence-corrected chi connectivity index (χ3v) is 5.68. The quantitative estimate of drug-likeness (QED) is 0.610. The fourth-order valence-corrected chi connectivity index (χ4v) is 3.62. The zero-order valence-corrected chi connectivity index (χ0v) is 14.7. The predicted molar refractivity (Wildman–Crippen MR) is 92.1 cm³/mol. The maximum absolute atomic E-state index is 12.6. The molecule has 1 amide bonds. The highest BCUT2D eigenvalue weighted by molar-refractivity contribution is 7.88. The monoisotopic (exact) mass is 368 g/mol. The van der Waals surface area contributed by atoms with Gasteiger partial charge in [-0.1, -0.05) is 0 Å². The Morgan fingerprint density at radius 2 is 1.88 bits per heavy atom. The number of carbonyl (C=O) groups excluding carboxylic acids is 1. The highest BCUT2D eigenvalue weighted by Crippen LogP contribution is 2.31. The Morgan fingerprint density at radius 1 is 1.24 bits per heavy atom. The van der Waals surface area contributed by atoms with E-state index in [0.29, 0.717) is 5.69 Å². The molecule has 3 rings (SSSR count). The van der Waals surface area contributed by atoms with Crippen LogP contribution in [0.5, 0.6) is 0 Å². The molecule has 25 heavy (non-hydrogen) atoms. The summed E-state index contributed by atoms with van der Waals surface area (Å²) in [6, 6.07) is 4.69. The minimum Gasteiger partial charge on any atom is -0.377 e. The van der Waals surface area contributed by atoms with Gasteiger partial charge in [0, 0.05) is 43.9 Å². The highest BCUT2D eigenvalue weighted by atomic mass is 32.2. The smallest absolute Gasteiger partial charge is 0.293 e. The molecule has 1 heterocycles. The van der Waals surface area contributed by atoms with E-state index in [4.69, 9.17) is 0 Å². The van der Waals surface area contributed by atoms with Gasteiger partial charge in [0.25, 0.3) is 11.6 Å². The SMILES string of the molecule is CS(=O)(=O)N1CCN(C(=O)c2ccc(NC3CC3)c([N+](=O)[O-])c2)CC1. The average Bonchev–Trinajstić information content (AvgIpc) is 3.37. The lowest BCUT2D eigenvalue weighted by molar-refractivity contribution is -0.384. The second-order valence-electron chi connectivity index (χ2n) is 6.36. The van der Waals surface area contributed by atoms with Gasteiger partial charge in [-0.3, -0.25) is 14.9 Å². The number of nitro benzene ring substituents is 1. The van der Waals surface area contributed by atoms with Crippen LogP contribution in [0.3, 0.4) is 0 Å². The number of nitro groups is 1. The Balaban J connectivity index is 1.74. The number of anilines is 1. The van der Waals surface area contributed by atoms with Gasteiger partial charge in [-0.05, 0) is 25.0 Å². The molecule has 1 saturated carbocycles. The standard InChI is InChI=1S/C15H20N4O5S/c1-25(23,24)18-8-6-17(7-9-18)15(20)11-2-5-13(16-12-3-4-12)14(10-11)19(21)22/h2,5,10,12,16H,3-4,6-9H2,1H3. The molecule has 10 heteroatoms. The first-order valence-electron chi connectivity index (χ1n) is 8.05. The molecule has 1 aliphatic heterocycles. The minimum atomic E-state index is -3.27. The number of rotatable bonds is 5. The summed E-state index contributed by atoms with van der Waals surface area (Å²) in [7, 11) is -3.27. The predicted octanol–water partition coefficient (Wildman–Crippen LogP) is 0.886. The molecular formula is C15H20N4O5S. The summed E-state index contributed by atoms with van der Waals surface area (Å²) in [6.45, 7) is 0.992. The summed E-state index contributed by atoms with van der Waals surface area (Å²) < 4.78 is 24.4. The maximum atomic E-state index is 12.6. The van der Waals surface area contributed by atoms with Crippen molar-refractivity contribution >= 4 is 27.3 Å². The van der Waals surface area contributed by atoms with Crippen LogP contribution in [0.25, 0.3) is 0 Å². The summed E-state index contributed by atoms with van der Waals surface area (Å²) in [6.07, 6.45) is 3.12. The molecule has 2 aliphatic rings. The lowest BCUT2D eigenvalue weighted by Crippen LogP contribution is -2.50. The van der Waals surface area contributed by atoms with Crippen LogP contribution in [0.1, 0.15) is 23.2 Å². The van der Waals surface area contributed by atoms with Gasteiger partial charge in [0.1, 0.15) is 5.69 Å². The number of amides is 1. The molecule has 1 aliphatic carbocycles. The van der Waals surface area contributed by atoms with Crippen LogP contribution < -0.4 is 5.32 Å². The van der Waals surface area contributed by atoms with Crippen molar-refractivity contribution in [3.8, 4) is 0 Å². The lowest BCUT2D eigenvalue weighted by Gasteiger charge is -2.33. The number of hydrogen-bond donors (Lipinski definition) is 1. The second-order valence-corrected chi connectivity index (χ2v) is 8.34. The van der Waals surface area contributed by atoms with Crippen molar-refractivity contribution in [2.24, 2.45) is 0 Å². The Hall–Kier alpha value is -2.20. The first kappa shape index (κ1) is 17.6. The van der Waals surface area contributed by atoms with E-state index < -0.39 is 14.9 Å². The second kappa shape index (κ2) is 6.60. The molecule has 9 nitrogen and oxygen atoms in total. The Bertz CT molecular complexity index is 798. The van der Waals surface area contributed by atoms with Crippen molar-refractivity contribution in [3.63, 3.8) is 0 Å². The number of hydrogen-bond acceptors (Lipinski definition) is 6. The van der Waals surface area contributed by atoms with E-state index in [1.54, 1.807) is 12.1 Å². The molecular weight excluding hydrogens is 348 g/mol. The molecule has 0 atom stereocenters. The van der Waals surface area contributed by atoms with Crippen LogP contribution in [0, 0.1) is 10.1 Å². The highest BCUT2D eigenvalue weighted by Gasteiger charge is 2.29. The fourth-order valence-electron chi connectivity index (χ4n) is 2.79. The van der Waals surface area contributed by atoms with Crippen molar-refractivity contribution in [3.05, 3.63) is 33.9 Å². The number of piperazine rings is 1. The van der Waals surface area contributed by atoms with Crippen molar-refractivity contribution in [2.45, 2.75) is 18.9 Å². The molecule has 0 unspecified atom stereocenters. The molecule has 1 saturated heterocycles. The van der Waals surface area contributed by atoms with Crippen molar-refractivity contribution in [1.82, 2.24) is 9.21 Å². The van der Waals surface area contributed by atoms with Gasteiger partial charge in [0.15, 0.2) is 0 Å². The van der Waals surface area contributed by atoms with E-state index in [-0.39, 0.29) is 49.4 Å². The van der Waals surface area contributed by atoms with E-state index in [1.165, 1.54) is 15.3 Å². The molecule has 0 bridgehead atoms. The largest absolute Gasteiger partial charge is 0.377 e. The molecule has 136 valence electrons. The number of benzene rings is 1. The van der Waals surface area contributed by atoms with Gasteiger partial charge in [0.2, 0.25) is 10.0 Å². The average molecular weight is 368 g/mol. The Morgan fingerprint density at radius 3 is 2.40 bits per heavy atom. The van der Waals surface area contributed by atoms with Crippen LogP contribution in [-0.2, 0) is 10.0 Å². The zero-order valence-electron chi connectivity index (χ0n) is 13.8. The molecule has 1 aromatic carbocycles. The number of sulfonamides is 1. The van der Waals surface area contributed by atoms with Gasteiger partial charge in [-0.2, -0.15) is 4.31 Å². The molecule has 0 aromatic heterocycles. The zero-order chi connectivity index (χ0) is 18.2. The van der Waals surface area contributed by atoms with Gasteiger partial charge in [-0.25, -0.2) is 8.42 Å². The van der Waals surface area contributed by atoms with Crippen LogP contribution in [0.4, 0.5) is 11.4 Å². The summed E-state index contributed by atoms with van der Waals surface area (Å²) in [5.41, 5.74) is 0.541. The van der Waals surface area contributed by atoms with E-state index in [9.17, 15) is 23.3 Å². The van der Waals surface area contributed by atoms with Crippen molar-refractivity contribution in [2.75, 3.05) is 37.8 Å². The minimum absolute atomic E-state index is 0.118. The number of nitrogens with one attached hydrogen (secondary N) is 1. The van der Waals surface area contributed by atoms with Gasteiger partial charge >= 0.3 is 0 Å². The van der Waals surface area contributed by atoms with Crippen LogP contribution >= 0.6 is 0 Å². The topological polar surface area (TPSA) is 113 Å². The normalized spacial score (nSPS) is 18.8. The summed E-state index contributed by atoms with van der Waals surface area (Å²) >= 11 is 0. The van der Waals surface area contributed by atoms with Crippen molar-refractivity contribution < 1.29 is 18.1 Å². The Labute approximate surface area is 145 Å². The van der Waals surface area contributed by atoms with Crippen molar-refractivity contribution in [1.29, 1.82) is 0 Å². The molecule has 0 radical (unpaired) electrons. The molecule has 2 fully saturated rings. The van der Waals surface area contributed by atoms with Crippen LogP contribution in [0.15, 0.2) is 18.2 Å². The third-order valence-electron chi connectivity index (χ3n) is 4.37. The van der Waals surface area contributed by atoms with E-state index in [1.807, 2.05) is 0 Å². The summed E-state index contributed by atoms with van der Waals surface area (Å²) in [5, 5.41) is 14.4. The maximum Gasteiger partial charge on any atom is 0.293 e. The first-order chi connectivity index (χ1) is 11.8. The third kappa shape index (κ3) is 4.07. The molecule has 0 spiro atoms. The molecule has 1 N–H and O–H groups in total. The first-order valence-corrected chi connectivity index (χ1v) is 9.90. The lowest BCUT2D eigenvalue weighted by atomic mass is 10.1. The van der Waals surface area contributed by atoms with Gasteiger partial charge < -0.3 is 10.2 Å². The van der Waals surface area contributed by atoms with Crippen LogP contribution in [-0.4, -0.2) is 66.9 Å². The van der Waals surface area contributed by atoms with E-state index >= 15 is 0 Å². The van der Waals surface area contributed by atoms with Crippen LogP contribution in [0.2, 0.25) is 0 Å². The molecule has 1 aromatic rings. The number of nitrogens with zero attached hydrogens (tertiary/aromatic N) is 3. The fraction of sp³-hybridized carbons (Fsp3) is 0.533. The Kier molecular flexibility index (Phi) is 4.65. The summed E-state index contributed by atoms with van der Waals surface area (Å²) in [4.78, 5) is 24.9. The summed E-state index contributed by atoms with van der Waals surface area (Å²) in [5.74, 6) is -0.325. The van der Waals surface area contributed by atoms with Gasteiger partial charge in [0.05, 0.1) is 11.2 Å². The number of carbonyl (C=O) groups is 1. The van der Waals surface area contributed by atoms with E-state index in [2.05, 4.69) is 5.32 Å². The van der Waals surface area contributed by atoms with E-state index in [0.717, 1.165) is 19.1 Å².